The lowest BCUT2D eigenvalue weighted by Gasteiger charge is -2.16. The maximum atomic E-state index is 5.73. The average Bonchev–Trinajstić information content (AvgIpc) is 2.48. The molecule has 0 fully saturated rings. The van der Waals surface area contributed by atoms with Crippen molar-refractivity contribution < 1.29 is 4.74 Å². The highest BCUT2D eigenvalue weighted by Gasteiger charge is 2.11. The van der Waals surface area contributed by atoms with Gasteiger partial charge in [0, 0.05) is 0 Å². The van der Waals surface area contributed by atoms with Gasteiger partial charge in [0.05, 0.1) is 7.11 Å². The molecule has 0 radical (unpaired) electrons. The fraction of sp³-hybridized carbons (Fsp3) is 0.684. The molecule has 1 nitrogen and oxygen atoms in total. The van der Waals surface area contributed by atoms with E-state index in [1.165, 1.54) is 61.6 Å². The highest BCUT2D eigenvalue weighted by molar-refractivity contribution is 5.45. The molecule has 0 aliphatic carbocycles. The van der Waals surface area contributed by atoms with Gasteiger partial charge in [0.15, 0.2) is 0 Å². The van der Waals surface area contributed by atoms with Crippen LogP contribution in [0.1, 0.15) is 76.0 Å². The van der Waals surface area contributed by atoms with Crippen molar-refractivity contribution in [1.82, 2.24) is 0 Å². The number of unbranched alkanes of at least 4 members (excludes halogenated alkanes) is 3. The lowest BCUT2D eigenvalue weighted by Crippen LogP contribution is -2.01. The van der Waals surface area contributed by atoms with Crippen LogP contribution in [-0.4, -0.2) is 7.11 Å². The Bertz CT molecular complexity index is 352. The molecule has 0 saturated carbocycles. The third-order valence-corrected chi connectivity index (χ3v) is 3.93. The zero-order valence-electron chi connectivity index (χ0n) is 13.9. The maximum absolute atomic E-state index is 5.73. The molecule has 1 aromatic rings. The van der Waals surface area contributed by atoms with Crippen LogP contribution in [0, 0.1) is 0 Å². The molecule has 0 aliphatic rings. The highest BCUT2D eigenvalue weighted by Crippen LogP contribution is 2.29. The van der Waals surface area contributed by atoms with Crippen molar-refractivity contribution in [1.29, 1.82) is 0 Å². The summed E-state index contributed by atoms with van der Waals surface area (Å²) in [5.41, 5.74) is 4.35. The van der Waals surface area contributed by atoms with E-state index in [9.17, 15) is 0 Å². The van der Waals surface area contributed by atoms with Gasteiger partial charge >= 0.3 is 0 Å². The van der Waals surface area contributed by atoms with Crippen LogP contribution in [0.3, 0.4) is 0 Å². The molecular formula is C19H32O. The summed E-state index contributed by atoms with van der Waals surface area (Å²) in [6.07, 6.45) is 11.0. The first-order valence-electron chi connectivity index (χ1n) is 8.45. The topological polar surface area (TPSA) is 9.23 Å². The van der Waals surface area contributed by atoms with Gasteiger partial charge in [-0.25, -0.2) is 0 Å². The Morgan fingerprint density at radius 1 is 0.750 bits per heavy atom. The molecule has 1 rings (SSSR count). The van der Waals surface area contributed by atoms with Gasteiger partial charge in [-0.2, -0.15) is 0 Å². The molecular weight excluding hydrogens is 244 g/mol. The van der Waals surface area contributed by atoms with E-state index in [4.69, 9.17) is 4.74 Å². The van der Waals surface area contributed by atoms with Crippen LogP contribution in [0.5, 0.6) is 5.75 Å². The summed E-state index contributed by atoms with van der Waals surface area (Å²) in [4.78, 5) is 0. The van der Waals surface area contributed by atoms with E-state index in [2.05, 4.69) is 32.9 Å². The number of aryl methyl sites for hydroxylation is 3. The first-order valence-corrected chi connectivity index (χ1v) is 8.45. The monoisotopic (exact) mass is 276 g/mol. The number of hydrogen-bond acceptors (Lipinski definition) is 1. The third kappa shape index (κ3) is 5.19. The molecule has 20 heavy (non-hydrogen) atoms. The Balaban J connectivity index is 3.02. The average molecular weight is 276 g/mol. The van der Waals surface area contributed by atoms with Crippen LogP contribution in [-0.2, 0) is 19.3 Å². The fourth-order valence-electron chi connectivity index (χ4n) is 2.72. The summed E-state index contributed by atoms with van der Waals surface area (Å²) >= 11 is 0. The van der Waals surface area contributed by atoms with Crippen LogP contribution < -0.4 is 4.74 Å². The van der Waals surface area contributed by atoms with E-state index in [1.807, 2.05) is 7.11 Å². The second kappa shape index (κ2) is 9.85. The van der Waals surface area contributed by atoms with E-state index < -0.39 is 0 Å². The van der Waals surface area contributed by atoms with Crippen LogP contribution in [0.15, 0.2) is 12.1 Å². The summed E-state index contributed by atoms with van der Waals surface area (Å²) in [5.74, 6) is 1.16. The minimum atomic E-state index is 1.15. The predicted octanol–water partition coefficient (Wildman–Crippen LogP) is 5.72. The molecule has 0 atom stereocenters. The summed E-state index contributed by atoms with van der Waals surface area (Å²) in [6, 6.07) is 4.78. The maximum Gasteiger partial charge on any atom is 0.125 e. The van der Waals surface area contributed by atoms with E-state index in [0.717, 1.165) is 18.6 Å². The van der Waals surface area contributed by atoms with Gasteiger partial charge < -0.3 is 4.74 Å². The lowest BCUT2D eigenvalue weighted by atomic mass is 9.95. The van der Waals surface area contributed by atoms with Gasteiger partial charge in [-0.1, -0.05) is 52.2 Å². The molecule has 0 unspecified atom stereocenters. The van der Waals surface area contributed by atoms with Gasteiger partial charge in [0.1, 0.15) is 5.75 Å². The molecule has 0 amide bonds. The molecule has 114 valence electrons. The molecule has 0 bridgehead atoms. The van der Waals surface area contributed by atoms with Crippen molar-refractivity contribution in [2.75, 3.05) is 7.11 Å². The first kappa shape index (κ1) is 17.1. The van der Waals surface area contributed by atoms with Gasteiger partial charge in [0.25, 0.3) is 0 Å². The van der Waals surface area contributed by atoms with Crippen molar-refractivity contribution in [3.05, 3.63) is 28.8 Å². The van der Waals surface area contributed by atoms with Gasteiger partial charge in [-0.3, -0.25) is 0 Å². The van der Waals surface area contributed by atoms with Crippen molar-refractivity contribution in [2.24, 2.45) is 0 Å². The summed E-state index contributed by atoms with van der Waals surface area (Å²) < 4.78 is 5.73. The molecule has 0 aromatic heterocycles. The Kier molecular flexibility index (Phi) is 8.41. The van der Waals surface area contributed by atoms with Crippen LogP contribution in [0.25, 0.3) is 0 Å². The van der Waals surface area contributed by atoms with Gasteiger partial charge in [-0.05, 0) is 55.2 Å². The number of rotatable bonds is 10. The summed E-state index contributed by atoms with van der Waals surface area (Å²) in [7, 11) is 1.83. The van der Waals surface area contributed by atoms with Gasteiger partial charge in [-0.15, -0.1) is 0 Å². The molecule has 1 heteroatoms. The number of benzene rings is 1. The number of methoxy groups -OCH3 is 1. The van der Waals surface area contributed by atoms with Crippen molar-refractivity contribution in [3.63, 3.8) is 0 Å². The molecule has 0 saturated heterocycles. The quantitative estimate of drug-likeness (QED) is 0.531. The van der Waals surface area contributed by atoms with E-state index >= 15 is 0 Å². The predicted molar refractivity (Wildman–Crippen MR) is 88.8 cm³/mol. The number of hydrogen-bond donors (Lipinski definition) is 0. The second-order valence-electron chi connectivity index (χ2n) is 5.76. The Morgan fingerprint density at radius 3 is 1.60 bits per heavy atom. The third-order valence-electron chi connectivity index (χ3n) is 3.93. The van der Waals surface area contributed by atoms with Crippen LogP contribution in [0.2, 0.25) is 0 Å². The summed E-state index contributed by atoms with van der Waals surface area (Å²) in [5, 5.41) is 0. The van der Waals surface area contributed by atoms with Crippen molar-refractivity contribution in [2.45, 2.75) is 78.6 Å². The van der Waals surface area contributed by atoms with Crippen molar-refractivity contribution in [3.8, 4) is 5.75 Å². The van der Waals surface area contributed by atoms with E-state index in [0.29, 0.717) is 0 Å². The largest absolute Gasteiger partial charge is 0.496 e. The SMILES string of the molecule is CCCCc1cc(CCCC)c(OC)c(CCCC)c1. The zero-order chi connectivity index (χ0) is 14.8. The zero-order valence-corrected chi connectivity index (χ0v) is 13.9. The lowest BCUT2D eigenvalue weighted by molar-refractivity contribution is 0.403. The standard InChI is InChI=1S/C19H32O/c1-5-8-11-16-14-17(12-9-6-2)19(20-4)18(15-16)13-10-7-3/h14-15H,5-13H2,1-4H3. The fourth-order valence-corrected chi connectivity index (χ4v) is 2.72. The van der Waals surface area contributed by atoms with E-state index in [1.54, 1.807) is 0 Å². The number of ether oxygens (including phenoxy) is 1. The van der Waals surface area contributed by atoms with Crippen molar-refractivity contribution >= 4 is 0 Å². The van der Waals surface area contributed by atoms with Gasteiger partial charge in [0.2, 0.25) is 0 Å². The van der Waals surface area contributed by atoms with Crippen LogP contribution >= 0.6 is 0 Å². The smallest absolute Gasteiger partial charge is 0.125 e. The normalized spacial score (nSPS) is 10.8. The second-order valence-corrected chi connectivity index (χ2v) is 5.76. The Labute approximate surface area is 125 Å². The Morgan fingerprint density at radius 2 is 1.20 bits per heavy atom. The summed E-state index contributed by atoms with van der Waals surface area (Å²) in [6.45, 7) is 6.77. The first-order chi connectivity index (χ1) is 9.76. The minimum absolute atomic E-state index is 1.15. The molecule has 0 N–H and O–H groups in total. The Hall–Kier alpha value is -0.980. The van der Waals surface area contributed by atoms with E-state index in [-0.39, 0.29) is 0 Å². The van der Waals surface area contributed by atoms with Crippen LogP contribution in [0.4, 0.5) is 0 Å². The molecule has 0 heterocycles. The highest BCUT2D eigenvalue weighted by atomic mass is 16.5. The molecule has 0 spiro atoms. The molecule has 1 aromatic carbocycles. The molecule has 0 aliphatic heterocycles. The minimum Gasteiger partial charge on any atom is -0.496 e.